The highest BCUT2D eigenvalue weighted by atomic mass is 16.5. The first-order valence-electron chi connectivity index (χ1n) is 8.02. The summed E-state index contributed by atoms with van der Waals surface area (Å²) in [6.07, 6.45) is 0.250. The van der Waals surface area contributed by atoms with E-state index in [0.29, 0.717) is 0 Å². The van der Waals surface area contributed by atoms with Crippen molar-refractivity contribution in [3.63, 3.8) is 0 Å². The summed E-state index contributed by atoms with van der Waals surface area (Å²) in [5.41, 5.74) is 16.2. The molecule has 5 nitrogen and oxygen atoms in total. The van der Waals surface area contributed by atoms with E-state index in [1.54, 1.807) is 7.11 Å². The van der Waals surface area contributed by atoms with Gasteiger partial charge < -0.3 is 21.3 Å². The van der Waals surface area contributed by atoms with Crippen molar-refractivity contribution in [2.75, 3.05) is 12.8 Å². The highest BCUT2D eigenvalue weighted by Crippen LogP contribution is 2.32. The van der Waals surface area contributed by atoms with Crippen LogP contribution < -0.4 is 16.2 Å². The predicted octanol–water partition coefficient (Wildman–Crippen LogP) is 3.21. The van der Waals surface area contributed by atoms with Crippen LogP contribution in [0, 0.1) is 0 Å². The number of amides is 1. The molecule has 0 spiro atoms. The fourth-order valence-electron chi connectivity index (χ4n) is 2.56. The number of aliphatic hydroxyl groups is 1. The summed E-state index contributed by atoms with van der Waals surface area (Å²) in [6.45, 7) is 0.0547. The highest BCUT2D eigenvalue weighted by Gasteiger charge is 2.06. The van der Waals surface area contributed by atoms with Crippen LogP contribution in [0.4, 0.5) is 5.69 Å². The third-order valence-corrected chi connectivity index (χ3v) is 3.92. The lowest BCUT2D eigenvalue weighted by Crippen LogP contribution is -1.92. The number of ether oxygens (including phenoxy) is 1. The second-order valence-corrected chi connectivity index (χ2v) is 5.52. The third kappa shape index (κ3) is 4.62. The normalized spacial score (nSPS) is 9.77. The fourth-order valence-corrected chi connectivity index (χ4v) is 2.56. The first-order chi connectivity index (χ1) is 12.6. The van der Waals surface area contributed by atoms with E-state index >= 15 is 0 Å². The Hall–Kier alpha value is -3.31. The van der Waals surface area contributed by atoms with E-state index in [-0.39, 0.29) is 13.0 Å². The standard InChI is InChI=1S/C20H19NO2.CH3NO/c1-23-18-9-6-16(7-10-18)19-12-17(8-11-20(19)21)15-4-2-14(13-22)3-5-15;2-1-3/h2-12,22H,13,21H2,1H3;1H,(H2,2,3). The third-order valence-electron chi connectivity index (χ3n) is 3.92. The van der Waals surface area contributed by atoms with Gasteiger partial charge in [0.05, 0.1) is 13.7 Å². The maximum Gasteiger partial charge on any atom is 0.204 e. The van der Waals surface area contributed by atoms with Crippen molar-refractivity contribution in [3.05, 3.63) is 72.3 Å². The molecule has 0 aliphatic carbocycles. The van der Waals surface area contributed by atoms with Crippen LogP contribution in [0.3, 0.4) is 0 Å². The fraction of sp³-hybridized carbons (Fsp3) is 0.0952. The number of methoxy groups -OCH3 is 1. The largest absolute Gasteiger partial charge is 0.497 e. The smallest absolute Gasteiger partial charge is 0.204 e. The molecule has 0 fully saturated rings. The molecule has 0 atom stereocenters. The summed E-state index contributed by atoms with van der Waals surface area (Å²) >= 11 is 0. The van der Waals surface area contributed by atoms with Crippen molar-refractivity contribution in [3.8, 4) is 28.0 Å². The number of hydrogen-bond donors (Lipinski definition) is 3. The summed E-state index contributed by atoms with van der Waals surface area (Å²) in [5, 5.41) is 9.14. The predicted molar refractivity (Wildman–Crippen MR) is 104 cm³/mol. The van der Waals surface area contributed by atoms with Gasteiger partial charge in [0.25, 0.3) is 0 Å². The zero-order valence-electron chi connectivity index (χ0n) is 14.6. The molecule has 3 aromatic carbocycles. The molecule has 5 N–H and O–H groups in total. The topological polar surface area (TPSA) is 98.6 Å². The van der Waals surface area contributed by atoms with E-state index in [2.05, 4.69) is 11.8 Å². The van der Waals surface area contributed by atoms with E-state index in [0.717, 1.165) is 39.3 Å². The molecule has 0 bridgehead atoms. The number of benzene rings is 3. The Bertz CT molecular complexity index is 844. The van der Waals surface area contributed by atoms with E-state index in [9.17, 15) is 0 Å². The summed E-state index contributed by atoms with van der Waals surface area (Å²) in [7, 11) is 1.65. The Labute approximate surface area is 152 Å². The van der Waals surface area contributed by atoms with Gasteiger partial charge in [0.15, 0.2) is 0 Å². The van der Waals surface area contributed by atoms with Crippen LogP contribution in [0.15, 0.2) is 66.7 Å². The minimum absolute atomic E-state index is 0.0547. The molecule has 0 saturated heterocycles. The molecule has 0 saturated carbocycles. The van der Waals surface area contributed by atoms with Crippen LogP contribution in [0.2, 0.25) is 0 Å². The molecule has 134 valence electrons. The monoisotopic (exact) mass is 350 g/mol. The molecule has 5 heteroatoms. The maximum atomic E-state index is 9.14. The minimum Gasteiger partial charge on any atom is -0.497 e. The number of hydrogen-bond acceptors (Lipinski definition) is 4. The van der Waals surface area contributed by atoms with Crippen molar-refractivity contribution in [2.45, 2.75) is 6.61 Å². The zero-order chi connectivity index (χ0) is 18.9. The van der Waals surface area contributed by atoms with Gasteiger partial charge in [0, 0.05) is 11.3 Å². The Morgan fingerprint density at radius 1 is 0.923 bits per heavy atom. The van der Waals surface area contributed by atoms with Crippen LogP contribution in [0.1, 0.15) is 5.56 Å². The summed E-state index contributed by atoms with van der Waals surface area (Å²) in [6, 6.07) is 21.8. The number of nitrogen functional groups attached to an aromatic ring is 1. The first kappa shape index (κ1) is 19.0. The Kier molecular flexibility index (Phi) is 6.76. The molecule has 3 rings (SSSR count). The van der Waals surface area contributed by atoms with Crippen molar-refractivity contribution in [2.24, 2.45) is 5.73 Å². The van der Waals surface area contributed by atoms with Gasteiger partial charge in [-0.2, -0.15) is 0 Å². The van der Waals surface area contributed by atoms with Crippen molar-refractivity contribution < 1.29 is 14.6 Å². The molecule has 0 unspecified atom stereocenters. The number of rotatable bonds is 4. The lowest BCUT2D eigenvalue weighted by molar-refractivity contribution is -0.106. The summed E-state index contributed by atoms with van der Waals surface area (Å²) < 4.78 is 5.20. The Morgan fingerprint density at radius 3 is 2.00 bits per heavy atom. The van der Waals surface area contributed by atoms with Gasteiger partial charge in [-0.25, -0.2) is 0 Å². The molecule has 0 heterocycles. The van der Waals surface area contributed by atoms with Gasteiger partial charge in [-0.15, -0.1) is 0 Å². The van der Waals surface area contributed by atoms with Crippen molar-refractivity contribution in [1.29, 1.82) is 0 Å². The summed E-state index contributed by atoms with van der Waals surface area (Å²) in [4.78, 5) is 8.58. The lowest BCUT2D eigenvalue weighted by atomic mass is 9.97. The van der Waals surface area contributed by atoms with E-state index in [4.69, 9.17) is 20.4 Å². The number of carbonyl (C=O) groups is 1. The van der Waals surface area contributed by atoms with E-state index in [1.165, 1.54) is 0 Å². The van der Waals surface area contributed by atoms with Crippen LogP contribution in [0.25, 0.3) is 22.3 Å². The van der Waals surface area contributed by atoms with Crippen LogP contribution >= 0.6 is 0 Å². The molecule has 0 radical (unpaired) electrons. The van der Waals surface area contributed by atoms with Gasteiger partial charge in [0.1, 0.15) is 5.75 Å². The van der Waals surface area contributed by atoms with Gasteiger partial charge >= 0.3 is 0 Å². The molecule has 0 aliphatic rings. The second-order valence-electron chi connectivity index (χ2n) is 5.52. The SMILES string of the molecule is COc1ccc(-c2cc(-c3ccc(CO)cc3)ccc2N)cc1.NC=O. The highest BCUT2D eigenvalue weighted by molar-refractivity contribution is 5.82. The van der Waals surface area contributed by atoms with Crippen molar-refractivity contribution >= 4 is 12.1 Å². The van der Waals surface area contributed by atoms with E-state index < -0.39 is 0 Å². The minimum atomic E-state index is 0.0547. The number of aliphatic hydroxyl groups excluding tert-OH is 1. The zero-order valence-corrected chi connectivity index (χ0v) is 14.6. The molecule has 26 heavy (non-hydrogen) atoms. The first-order valence-corrected chi connectivity index (χ1v) is 8.02. The van der Waals surface area contributed by atoms with Crippen molar-refractivity contribution in [1.82, 2.24) is 0 Å². The molecule has 3 aromatic rings. The van der Waals surface area contributed by atoms with Crippen LogP contribution in [-0.4, -0.2) is 18.6 Å². The van der Waals surface area contributed by atoms with Gasteiger partial charge in [-0.3, -0.25) is 4.79 Å². The van der Waals surface area contributed by atoms with Crippen LogP contribution in [-0.2, 0) is 11.4 Å². The molecule has 0 aromatic heterocycles. The summed E-state index contributed by atoms with van der Waals surface area (Å²) in [5.74, 6) is 0.822. The number of nitrogens with two attached hydrogens (primary N) is 2. The van der Waals surface area contributed by atoms with Gasteiger partial charge in [-0.05, 0) is 46.5 Å². The average Bonchev–Trinajstić information content (AvgIpc) is 2.69. The van der Waals surface area contributed by atoms with Crippen LogP contribution in [0.5, 0.6) is 5.75 Å². The number of anilines is 1. The second kappa shape index (κ2) is 9.25. The van der Waals surface area contributed by atoms with Gasteiger partial charge in [-0.1, -0.05) is 42.5 Å². The Balaban J connectivity index is 0.000000758. The maximum absolute atomic E-state index is 9.14. The molecular formula is C21H22N2O3. The quantitative estimate of drug-likeness (QED) is 0.497. The number of primary amides is 1. The number of carbonyl (C=O) groups excluding carboxylic acids is 1. The molecule has 0 aliphatic heterocycles. The van der Waals surface area contributed by atoms with E-state index in [1.807, 2.05) is 60.7 Å². The Morgan fingerprint density at radius 2 is 1.46 bits per heavy atom. The molecular weight excluding hydrogens is 328 g/mol. The average molecular weight is 350 g/mol. The lowest BCUT2D eigenvalue weighted by Gasteiger charge is -2.10. The van der Waals surface area contributed by atoms with Gasteiger partial charge in [0.2, 0.25) is 6.41 Å². The molecule has 1 amide bonds.